The molecule has 14 heteroatoms. The Morgan fingerprint density at radius 3 is 2.84 bits per heavy atom. The lowest BCUT2D eigenvalue weighted by molar-refractivity contribution is 0.0794. The number of aliphatic imine (C=N–C) groups is 1. The van der Waals surface area contributed by atoms with E-state index in [2.05, 4.69) is 24.8 Å². The number of halogens is 3. The van der Waals surface area contributed by atoms with E-state index in [1.165, 1.54) is 24.5 Å². The van der Waals surface area contributed by atoms with Crippen molar-refractivity contribution in [3.05, 3.63) is 48.0 Å². The van der Waals surface area contributed by atoms with E-state index in [0.29, 0.717) is 35.8 Å². The van der Waals surface area contributed by atoms with E-state index in [-0.39, 0.29) is 23.2 Å². The fourth-order valence-corrected chi connectivity index (χ4v) is 7.39. The smallest absolute Gasteiger partial charge is 0.272 e. The summed E-state index contributed by atoms with van der Waals surface area (Å²) in [6.07, 6.45) is 1.60. The fraction of sp³-hybridized carbons (Fsp3) is 0.391. The van der Waals surface area contributed by atoms with E-state index >= 15 is 4.39 Å². The number of nitrogens with one attached hydrogen (secondary N) is 1. The molecule has 2 aliphatic rings. The highest BCUT2D eigenvalue weighted by Gasteiger charge is 2.43. The third-order valence-electron chi connectivity index (χ3n) is 6.28. The number of nitrogens with two attached hydrogens (primary N) is 1. The van der Waals surface area contributed by atoms with E-state index < -0.39 is 34.7 Å². The number of hydrogen-bond acceptors (Lipinski definition) is 8. The Hall–Kier alpha value is -3.52. The number of hydrogen-bond donors (Lipinski definition) is 3. The standard InChI is InChI=1S/C23H26F3N7O3S/c1-23(13-37(34)30-6-2-3-7-33(37)22(27)31-23)15-8-14(4-5-16(15)24)19-9-17(32-36-19)18-10-29-21(11-28-18)35-12-20(25)26/h4-5,8-11,20,37H,2-3,6-7,12-13H2,1H3,(H2,27,31)(H,30,34)/t23-/m0/s1. The maximum atomic E-state index is 15.1. The summed E-state index contributed by atoms with van der Waals surface area (Å²) in [5.41, 5.74) is 6.46. The van der Waals surface area contributed by atoms with Gasteiger partial charge < -0.3 is 15.0 Å². The Morgan fingerprint density at radius 2 is 2.08 bits per heavy atom. The maximum Gasteiger partial charge on any atom is 0.272 e. The maximum absolute atomic E-state index is 15.1. The first kappa shape index (κ1) is 25.1. The van der Waals surface area contributed by atoms with Crippen LogP contribution in [0.15, 0.2) is 46.2 Å². The quantitative estimate of drug-likeness (QED) is 0.412. The van der Waals surface area contributed by atoms with E-state index in [0.717, 1.165) is 12.8 Å². The molecule has 4 heterocycles. The first-order valence-corrected chi connectivity index (χ1v) is 13.5. The van der Waals surface area contributed by atoms with Crippen molar-refractivity contribution in [3.63, 3.8) is 0 Å². The molecule has 10 nitrogen and oxygen atoms in total. The Balaban J connectivity index is 1.43. The highest BCUT2D eigenvalue weighted by atomic mass is 32.3. The number of fused-ring (bicyclic) bond motifs is 1. The summed E-state index contributed by atoms with van der Waals surface area (Å²) in [6.45, 7) is 2.04. The van der Waals surface area contributed by atoms with E-state index in [4.69, 9.17) is 15.0 Å². The molecule has 0 saturated carbocycles. The number of alkyl halides is 2. The third-order valence-corrected chi connectivity index (χ3v) is 9.23. The van der Waals surface area contributed by atoms with Crippen LogP contribution in [0, 0.1) is 5.82 Å². The van der Waals surface area contributed by atoms with Gasteiger partial charge in [-0.15, -0.1) is 0 Å². The van der Waals surface area contributed by atoms with Gasteiger partial charge in [0.1, 0.15) is 22.7 Å². The molecule has 1 fully saturated rings. The zero-order valence-corrected chi connectivity index (χ0v) is 20.8. The highest BCUT2D eigenvalue weighted by Crippen LogP contribution is 2.38. The largest absolute Gasteiger partial charge is 0.470 e. The van der Waals surface area contributed by atoms with Crippen LogP contribution in [0.4, 0.5) is 13.2 Å². The lowest BCUT2D eigenvalue weighted by Gasteiger charge is -2.45. The third kappa shape index (κ3) is 5.03. The van der Waals surface area contributed by atoms with Gasteiger partial charge in [-0.2, -0.15) is 0 Å². The molecule has 0 radical (unpaired) electrons. The van der Waals surface area contributed by atoms with Gasteiger partial charge >= 0.3 is 0 Å². The molecule has 0 spiro atoms. The second-order valence-electron chi connectivity index (χ2n) is 9.05. The molecule has 0 bridgehead atoms. The molecule has 3 aromatic rings. The highest BCUT2D eigenvalue weighted by molar-refractivity contribution is 7.99. The minimum atomic E-state index is -3.10. The molecule has 3 N–H and O–H groups in total. The number of nitrogens with zero attached hydrogens (tertiary/aromatic N) is 5. The van der Waals surface area contributed by atoms with Crippen molar-refractivity contribution in [1.29, 1.82) is 0 Å². The summed E-state index contributed by atoms with van der Waals surface area (Å²) >= 11 is 0. The van der Waals surface area contributed by atoms with Gasteiger partial charge in [0.25, 0.3) is 6.43 Å². The van der Waals surface area contributed by atoms with Gasteiger partial charge in [0.2, 0.25) is 11.8 Å². The molecule has 0 amide bonds. The number of guanidine groups is 1. The van der Waals surface area contributed by atoms with Crippen LogP contribution in [0.3, 0.4) is 0 Å². The van der Waals surface area contributed by atoms with Gasteiger partial charge in [-0.05, 0) is 38.0 Å². The molecule has 5 rings (SSSR count). The number of benzene rings is 1. The van der Waals surface area contributed by atoms with Crippen molar-refractivity contribution < 1.29 is 26.6 Å². The van der Waals surface area contributed by atoms with Crippen LogP contribution in [0.5, 0.6) is 5.88 Å². The van der Waals surface area contributed by atoms with Crippen LogP contribution in [0.25, 0.3) is 22.7 Å². The van der Waals surface area contributed by atoms with Crippen molar-refractivity contribution in [2.24, 2.45) is 10.7 Å². The second-order valence-corrected chi connectivity index (χ2v) is 11.6. The lowest BCUT2D eigenvalue weighted by Crippen LogP contribution is -2.60. The van der Waals surface area contributed by atoms with Crippen LogP contribution >= 0.6 is 0 Å². The van der Waals surface area contributed by atoms with Gasteiger partial charge in [0.15, 0.2) is 12.4 Å². The monoisotopic (exact) mass is 537 g/mol. The SMILES string of the molecule is C[C@@]1(c2cc(-c3cc(-c4cnc(OCC(F)F)cn4)no3)ccc2F)C[SH]2(=O)NCCCCN2C(N)=N1. The molecule has 2 aliphatic heterocycles. The molecule has 1 aromatic carbocycles. The lowest BCUT2D eigenvalue weighted by atomic mass is 9.92. The predicted octanol–water partition coefficient (Wildman–Crippen LogP) is 2.66. The molecule has 198 valence electrons. The molecular weight excluding hydrogens is 511 g/mol. The van der Waals surface area contributed by atoms with Crippen LogP contribution in [-0.2, 0) is 15.8 Å². The summed E-state index contributed by atoms with van der Waals surface area (Å²) < 4.78 is 68.6. The summed E-state index contributed by atoms with van der Waals surface area (Å²) in [4.78, 5) is 12.7. The van der Waals surface area contributed by atoms with Crippen molar-refractivity contribution >= 4 is 16.3 Å². The first-order chi connectivity index (χ1) is 17.7. The zero-order chi connectivity index (χ0) is 26.2. The van der Waals surface area contributed by atoms with Crippen molar-refractivity contribution in [3.8, 4) is 28.6 Å². The van der Waals surface area contributed by atoms with Gasteiger partial charge in [-0.1, -0.05) is 5.16 Å². The van der Waals surface area contributed by atoms with Crippen molar-refractivity contribution in [1.82, 2.24) is 24.2 Å². The molecule has 0 aliphatic carbocycles. The minimum Gasteiger partial charge on any atom is -0.470 e. The van der Waals surface area contributed by atoms with Crippen LogP contribution < -0.4 is 15.2 Å². The number of ether oxygens (including phenoxy) is 1. The Kier molecular flexibility index (Phi) is 6.62. The van der Waals surface area contributed by atoms with Gasteiger partial charge in [0.05, 0.1) is 18.1 Å². The fourth-order valence-electron chi connectivity index (χ4n) is 4.51. The normalized spacial score (nSPS) is 22.2. The topological polar surface area (TPSA) is 132 Å². The summed E-state index contributed by atoms with van der Waals surface area (Å²) in [5.74, 6) is -0.0240. The van der Waals surface area contributed by atoms with Crippen molar-refractivity contribution in [2.75, 3.05) is 25.4 Å². The number of thiol groups is 1. The van der Waals surface area contributed by atoms with Crippen molar-refractivity contribution in [2.45, 2.75) is 31.7 Å². The number of aromatic nitrogens is 3. The van der Waals surface area contributed by atoms with E-state index in [1.807, 2.05) is 0 Å². The van der Waals surface area contributed by atoms with Crippen LogP contribution in [-0.4, -0.2) is 61.5 Å². The Bertz CT molecular complexity index is 1370. The average Bonchev–Trinajstić information content (AvgIpc) is 3.26. The Morgan fingerprint density at radius 1 is 1.24 bits per heavy atom. The molecule has 37 heavy (non-hydrogen) atoms. The van der Waals surface area contributed by atoms with Gasteiger partial charge in [-0.25, -0.2) is 32.9 Å². The molecule has 2 aromatic heterocycles. The zero-order valence-electron chi connectivity index (χ0n) is 19.9. The Labute approximate surface area is 211 Å². The first-order valence-electron chi connectivity index (χ1n) is 11.6. The van der Waals surface area contributed by atoms with E-state index in [1.54, 1.807) is 23.4 Å². The van der Waals surface area contributed by atoms with Crippen LogP contribution in [0.2, 0.25) is 0 Å². The number of rotatable bonds is 6. The minimum absolute atomic E-state index is 0.0443. The summed E-state index contributed by atoms with van der Waals surface area (Å²) in [7, 11) is -3.10. The second kappa shape index (κ2) is 9.74. The molecule has 1 saturated heterocycles. The van der Waals surface area contributed by atoms with Gasteiger partial charge in [-0.3, -0.25) is 8.51 Å². The van der Waals surface area contributed by atoms with E-state index in [9.17, 15) is 13.0 Å². The summed E-state index contributed by atoms with van der Waals surface area (Å²) in [6, 6.07) is 6.01. The molecular formula is C23H26F3N7O3S. The van der Waals surface area contributed by atoms with Crippen LogP contribution in [0.1, 0.15) is 25.3 Å². The predicted molar refractivity (Wildman–Crippen MR) is 132 cm³/mol. The molecule has 1 atom stereocenters. The molecule has 0 unspecified atom stereocenters. The summed E-state index contributed by atoms with van der Waals surface area (Å²) in [5, 5.41) is 4.00. The van der Waals surface area contributed by atoms with Gasteiger partial charge in [0, 0.05) is 40.6 Å². The average molecular weight is 538 g/mol.